The van der Waals surface area contributed by atoms with E-state index in [0.717, 1.165) is 5.56 Å². The molecule has 0 spiro atoms. The first-order valence-corrected chi connectivity index (χ1v) is 9.55. The summed E-state index contributed by atoms with van der Waals surface area (Å²) in [7, 11) is 2.84. The number of carbonyl (C=O) groups is 3. The first kappa shape index (κ1) is 21.4. The van der Waals surface area contributed by atoms with Gasteiger partial charge in [0.1, 0.15) is 6.61 Å². The van der Waals surface area contributed by atoms with E-state index in [4.69, 9.17) is 4.74 Å². The van der Waals surface area contributed by atoms with Gasteiger partial charge in [-0.1, -0.05) is 46.3 Å². The van der Waals surface area contributed by atoms with Gasteiger partial charge in [-0.15, -0.1) is 0 Å². The zero-order valence-electron chi connectivity index (χ0n) is 15.6. The van der Waals surface area contributed by atoms with Gasteiger partial charge in [0, 0.05) is 24.8 Å². The Morgan fingerprint density at radius 3 is 2.46 bits per heavy atom. The molecule has 0 bridgehead atoms. The van der Waals surface area contributed by atoms with E-state index in [2.05, 4.69) is 26.0 Å². The highest BCUT2D eigenvalue weighted by molar-refractivity contribution is 9.09. The Labute approximate surface area is 171 Å². The molecule has 0 aliphatic carbocycles. The van der Waals surface area contributed by atoms with E-state index >= 15 is 0 Å². The highest BCUT2D eigenvalue weighted by Crippen LogP contribution is 2.20. The molecule has 2 amide bonds. The summed E-state index contributed by atoms with van der Waals surface area (Å²) in [5.41, 5.74) is 2.37. The second-order valence-electron chi connectivity index (χ2n) is 5.94. The molecule has 0 saturated carbocycles. The molecule has 0 aliphatic rings. The van der Waals surface area contributed by atoms with Gasteiger partial charge in [0.15, 0.2) is 5.78 Å². The SMILES string of the molecule is COC(=O)Nc1ccc(C(=O)CBr)c(CN(C)C(=O)OCc2ccccc2)c1. The molecule has 0 fully saturated rings. The molecule has 1 N–H and O–H groups in total. The number of halogens is 1. The van der Waals surface area contributed by atoms with Gasteiger partial charge in [-0.25, -0.2) is 9.59 Å². The lowest BCUT2D eigenvalue weighted by molar-refractivity contribution is 0.0993. The van der Waals surface area contributed by atoms with Crippen molar-refractivity contribution in [3.8, 4) is 0 Å². The number of methoxy groups -OCH3 is 1. The van der Waals surface area contributed by atoms with Gasteiger partial charge >= 0.3 is 12.2 Å². The third-order valence-electron chi connectivity index (χ3n) is 3.88. The van der Waals surface area contributed by atoms with Crippen molar-refractivity contribution in [3.05, 3.63) is 65.2 Å². The summed E-state index contributed by atoms with van der Waals surface area (Å²) in [5, 5.41) is 2.69. The van der Waals surface area contributed by atoms with E-state index in [0.29, 0.717) is 16.8 Å². The third-order valence-corrected chi connectivity index (χ3v) is 4.39. The Kier molecular flexibility index (Phi) is 8.01. The fourth-order valence-electron chi connectivity index (χ4n) is 2.46. The first-order valence-electron chi connectivity index (χ1n) is 8.43. The number of anilines is 1. The maximum atomic E-state index is 12.3. The topological polar surface area (TPSA) is 84.9 Å². The Bertz CT molecular complexity index is 842. The Morgan fingerprint density at radius 1 is 1.11 bits per heavy atom. The minimum atomic E-state index is -0.624. The van der Waals surface area contributed by atoms with Crippen LogP contribution in [0.15, 0.2) is 48.5 Å². The van der Waals surface area contributed by atoms with Crippen LogP contribution in [-0.2, 0) is 22.6 Å². The van der Waals surface area contributed by atoms with Crippen LogP contribution in [0, 0.1) is 0 Å². The van der Waals surface area contributed by atoms with Crippen molar-refractivity contribution < 1.29 is 23.9 Å². The quantitative estimate of drug-likeness (QED) is 0.506. The van der Waals surface area contributed by atoms with Gasteiger partial charge in [0.25, 0.3) is 0 Å². The number of amides is 2. The van der Waals surface area contributed by atoms with Crippen LogP contribution < -0.4 is 5.32 Å². The lowest BCUT2D eigenvalue weighted by atomic mass is 10.0. The molecule has 7 nitrogen and oxygen atoms in total. The molecular weight excluding hydrogens is 428 g/mol. The number of ketones is 1. The van der Waals surface area contributed by atoms with Crippen LogP contribution in [0.25, 0.3) is 0 Å². The van der Waals surface area contributed by atoms with Crippen molar-refractivity contribution in [1.82, 2.24) is 4.90 Å². The zero-order chi connectivity index (χ0) is 20.5. The highest BCUT2D eigenvalue weighted by Gasteiger charge is 2.17. The molecule has 0 radical (unpaired) electrons. The summed E-state index contributed by atoms with van der Waals surface area (Å²) in [6.45, 7) is 0.291. The van der Waals surface area contributed by atoms with Crippen molar-refractivity contribution in [2.24, 2.45) is 0 Å². The van der Waals surface area contributed by atoms with Gasteiger partial charge in [-0.05, 0) is 29.3 Å². The summed E-state index contributed by atoms with van der Waals surface area (Å²) in [6.07, 6.45) is -1.14. The Balaban J connectivity index is 2.12. The van der Waals surface area contributed by atoms with Gasteiger partial charge in [-0.3, -0.25) is 10.1 Å². The van der Waals surface area contributed by atoms with Crippen LogP contribution in [0.3, 0.4) is 0 Å². The molecule has 8 heteroatoms. The number of carbonyl (C=O) groups excluding carboxylic acids is 3. The fourth-order valence-corrected chi connectivity index (χ4v) is 2.77. The normalized spacial score (nSPS) is 10.1. The van der Waals surface area contributed by atoms with Crippen LogP contribution in [0.5, 0.6) is 0 Å². The van der Waals surface area contributed by atoms with Crippen LogP contribution >= 0.6 is 15.9 Å². The van der Waals surface area contributed by atoms with E-state index in [-0.39, 0.29) is 24.3 Å². The molecule has 0 unspecified atom stereocenters. The minimum absolute atomic E-state index is 0.134. The van der Waals surface area contributed by atoms with Gasteiger partial charge in [-0.2, -0.15) is 0 Å². The zero-order valence-corrected chi connectivity index (χ0v) is 17.2. The van der Waals surface area contributed by atoms with Crippen LogP contribution in [0.4, 0.5) is 15.3 Å². The number of hydrogen-bond donors (Lipinski definition) is 1. The largest absolute Gasteiger partial charge is 0.453 e. The van der Waals surface area contributed by atoms with Crippen molar-refractivity contribution in [1.29, 1.82) is 0 Å². The maximum Gasteiger partial charge on any atom is 0.411 e. The van der Waals surface area contributed by atoms with Crippen molar-refractivity contribution in [3.63, 3.8) is 0 Å². The van der Waals surface area contributed by atoms with Gasteiger partial charge < -0.3 is 14.4 Å². The standard InChI is InChI=1S/C20H21BrN2O5/c1-23(20(26)28-13-14-6-4-3-5-7-14)12-15-10-16(22-19(25)27-2)8-9-17(15)18(24)11-21/h3-10H,11-13H2,1-2H3,(H,22,25). The molecule has 0 aromatic heterocycles. The lowest BCUT2D eigenvalue weighted by Gasteiger charge is -2.19. The van der Waals surface area contributed by atoms with Crippen molar-refractivity contribution in [2.45, 2.75) is 13.2 Å². The molecule has 2 aromatic rings. The molecular formula is C20H21BrN2O5. The molecule has 0 atom stereocenters. The van der Waals surface area contributed by atoms with E-state index < -0.39 is 12.2 Å². The van der Waals surface area contributed by atoms with E-state index in [9.17, 15) is 14.4 Å². The molecule has 0 saturated heterocycles. The van der Waals surface area contributed by atoms with E-state index in [1.54, 1.807) is 25.2 Å². The highest BCUT2D eigenvalue weighted by atomic mass is 79.9. The maximum absolute atomic E-state index is 12.3. The average molecular weight is 449 g/mol. The third kappa shape index (κ3) is 6.09. The summed E-state index contributed by atoms with van der Waals surface area (Å²) in [4.78, 5) is 37.3. The lowest BCUT2D eigenvalue weighted by Crippen LogP contribution is -2.28. The molecule has 148 valence electrons. The molecule has 0 heterocycles. The van der Waals surface area contributed by atoms with Crippen molar-refractivity contribution >= 4 is 39.6 Å². The Hall–Kier alpha value is -2.87. The predicted octanol–water partition coefficient (Wildman–Crippen LogP) is 4.21. The predicted molar refractivity (Wildman–Crippen MR) is 109 cm³/mol. The first-order chi connectivity index (χ1) is 13.4. The van der Waals surface area contributed by atoms with Crippen molar-refractivity contribution in [2.75, 3.05) is 24.8 Å². The van der Waals surface area contributed by atoms with Gasteiger partial charge in [0.05, 0.1) is 12.4 Å². The Morgan fingerprint density at radius 2 is 1.82 bits per heavy atom. The van der Waals surface area contributed by atoms with E-state index in [1.807, 2.05) is 30.3 Å². The van der Waals surface area contributed by atoms with Crippen LogP contribution in [0.1, 0.15) is 21.5 Å². The number of benzene rings is 2. The number of rotatable bonds is 7. The number of ether oxygens (including phenoxy) is 2. The summed E-state index contributed by atoms with van der Waals surface area (Å²) < 4.78 is 9.88. The molecule has 2 aromatic carbocycles. The summed E-state index contributed by atoms with van der Waals surface area (Å²) >= 11 is 3.16. The summed E-state index contributed by atoms with van der Waals surface area (Å²) in [5.74, 6) is -0.134. The number of nitrogens with one attached hydrogen (secondary N) is 1. The number of hydrogen-bond acceptors (Lipinski definition) is 5. The molecule has 0 aliphatic heterocycles. The number of alkyl halides is 1. The second-order valence-corrected chi connectivity index (χ2v) is 6.50. The van der Waals surface area contributed by atoms with Crippen LogP contribution in [-0.4, -0.2) is 42.4 Å². The van der Waals surface area contributed by atoms with E-state index in [1.165, 1.54) is 12.0 Å². The fraction of sp³-hybridized carbons (Fsp3) is 0.250. The van der Waals surface area contributed by atoms with Gasteiger partial charge in [0.2, 0.25) is 0 Å². The number of Topliss-reactive ketones (excluding diaryl/α,β-unsaturated/α-hetero) is 1. The average Bonchev–Trinajstić information content (AvgIpc) is 2.72. The second kappa shape index (κ2) is 10.5. The minimum Gasteiger partial charge on any atom is -0.453 e. The summed E-state index contributed by atoms with van der Waals surface area (Å²) in [6, 6.07) is 14.2. The monoisotopic (exact) mass is 448 g/mol. The van der Waals surface area contributed by atoms with Crippen LogP contribution in [0.2, 0.25) is 0 Å². The molecule has 2 rings (SSSR count). The number of nitrogens with zero attached hydrogens (tertiary/aromatic N) is 1. The smallest absolute Gasteiger partial charge is 0.411 e. The molecule has 28 heavy (non-hydrogen) atoms.